The van der Waals surface area contributed by atoms with Crippen LogP contribution in [0.4, 0.5) is 0 Å². The summed E-state index contributed by atoms with van der Waals surface area (Å²) < 4.78 is 30.8. The molecular weight excluding hydrogens is 647 g/mol. The molecule has 9 rings (SSSR count). The SMILES string of the molecule is C=CCN(CC=C)S(=O)(=O)C1CCCC2C3NC4NC(NC5NC(NC6NC(NC(N3)C21)C1CCCCC61)C1CCCCC51)C1CCCCC41. The van der Waals surface area contributed by atoms with Crippen LogP contribution >= 0.6 is 0 Å². The lowest BCUT2D eigenvalue weighted by atomic mass is 9.76. The molecular formula is C38H65N9O2S. The van der Waals surface area contributed by atoms with Crippen molar-refractivity contribution < 1.29 is 8.42 Å². The third-order valence-corrected chi connectivity index (χ3v) is 17.6. The monoisotopic (exact) mass is 711 g/mol. The van der Waals surface area contributed by atoms with E-state index >= 15 is 0 Å². The molecule has 0 aromatic carbocycles. The van der Waals surface area contributed by atoms with E-state index in [1.165, 1.54) is 77.0 Å². The van der Waals surface area contributed by atoms with Gasteiger partial charge in [0.2, 0.25) is 10.0 Å². The summed E-state index contributed by atoms with van der Waals surface area (Å²) in [6, 6.07) is 0. The molecule has 17 atom stereocenters. The highest BCUT2D eigenvalue weighted by atomic mass is 32.2. The minimum atomic E-state index is -3.59. The fourth-order valence-corrected chi connectivity index (χ4v) is 15.3. The Labute approximate surface area is 301 Å². The van der Waals surface area contributed by atoms with E-state index in [0.29, 0.717) is 67.3 Å². The molecule has 280 valence electrons. The number of nitrogens with one attached hydrogen (secondary N) is 8. The van der Waals surface area contributed by atoms with E-state index < -0.39 is 15.3 Å². The predicted octanol–water partition coefficient (Wildman–Crippen LogP) is 2.59. The Balaban J connectivity index is 1.07. The van der Waals surface area contributed by atoms with Gasteiger partial charge in [0.15, 0.2) is 0 Å². The van der Waals surface area contributed by atoms with Gasteiger partial charge in [-0.25, -0.2) is 8.42 Å². The zero-order chi connectivity index (χ0) is 34.0. The van der Waals surface area contributed by atoms with Gasteiger partial charge in [0, 0.05) is 19.0 Å². The average molecular weight is 712 g/mol. The molecule has 17 unspecified atom stereocenters. The molecule has 0 aromatic rings. The lowest BCUT2D eigenvalue weighted by Crippen LogP contribution is -2.62. The van der Waals surface area contributed by atoms with Gasteiger partial charge < -0.3 is 0 Å². The molecule has 4 aliphatic carbocycles. The van der Waals surface area contributed by atoms with Crippen LogP contribution < -0.4 is 42.5 Å². The van der Waals surface area contributed by atoms with Crippen molar-refractivity contribution in [1.82, 2.24) is 46.8 Å². The summed E-state index contributed by atoms with van der Waals surface area (Å²) in [5, 5.41) is 32.8. The molecule has 9 aliphatic rings. The molecule has 0 radical (unpaired) electrons. The highest BCUT2D eigenvalue weighted by Crippen LogP contribution is 2.47. The number of fused-ring (bicyclic) bond motifs is 20. The maximum absolute atomic E-state index is 14.6. The van der Waals surface area contributed by atoms with Crippen LogP contribution in [0.3, 0.4) is 0 Å². The van der Waals surface area contributed by atoms with E-state index in [0.717, 1.165) is 12.8 Å². The number of nitrogens with zero attached hydrogens (tertiary/aromatic N) is 1. The second kappa shape index (κ2) is 14.4. The lowest BCUT2D eigenvalue weighted by molar-refractivity contribution is 0.167. The van der Waals surface area contributed by atoms with Gasteiger partial charge in [-0.15, -0.1) is 13.2 Å². The Hall–Kier alpha value is -0.930. The number of hydrogen-bond acceptors (Lipinski definition) is 10. The van der Waals surface area contributed by atoms with E-state index in [4.69, 9.17) is 0 Å². The van der Waals surface area contributed by atoms with Crippen molar-refractivity contribution in [1.29, 1.82) is 0 Å². The van der Waals surface area contributed by atoms with Crippen molar-refractivity contribution in [3.63, 3.8) is 0 Å². The van der Waals surface area contributed by atoms with Crippen LogP contribution in [-0.2, 0) is 10.0 Å². The molecule has 11 nitrogen and oxygen atoms in total. The zero-order valence-corrected chi connectivity index (χ0v) is 30.9. The van der Waals surface area contributed by atoms with Crippen molar-refractivity contribution in [2.75, 3.05) is 13.1 Å². The topological polar surface area (TPSA) is 134 Å². The first kappa shape index (κ1) is 34.8. The Morgan fingerprint density at radius 1 is 0.440 bits per heavy atom. The van der Waals surface area contributed by atoms with Gasteiger partial charge >= 0.3 is 0 Å². The Morgan fingerprint density at radius 3 is 1.08 bits per heavy atom. The standard InChI is InChI=1S/C38H65N9O2S/c1-3-20-47(21-4-2)50(48,49)29-19-11-18-28-30(29)38-45-36-27-17-10-9-16-26(27)34(43-36)41-32-23-13-6-5-12-22(23)31(39-32)40-33-24-14-7-8-15-25(24)35(42-33)44-37(28)46-38/h3-4,22-46H,1-2,5-21H2. The van der Waals surface area contributed by atoms with Gasteiger partial charge in [-0.1, -0.05) is 57.1 Å². The highest BCUT2D eigenvalue weighted by molar-refractivity contribution is 7.89. The quantitative estimate of drug-likeness (QED) is 0.195. The molecule has 5 heterocycles. The summed E-state index contributed by atoms with van der Waals surface area (Å²) in [5.41, 5.74) is 0. The van der Waals surface area contributed by atoms with Crippen molar-refractivity contribution in [3.05, 3.63) is 25.3 Å². The number of sulfonamides is 1. The molecule has 0 aromatic heterocycles. The minimum Gasteiger partial charge on any atom is -0.286 e. The predicted molar refractivity (Wildman–Crippen MR) is 197 cm³/mol. The third kappa shape index (κ3) is 6.09. The first-order valence-electron chi connectivity index (χ1n) is 20.7. The van der Waals surface area contributed by atoms with Crippen LogP contribution in [0.25, 0.3) is 0 Å². The van der Waals surface area contributed by atoms with Crippen molar-refractivity contribution in [3.8, 4) is 0 Å². The summed E-state index contributed by atoms with van der Waals surface area (Å²) in [6.45, 7) is 8.44. The molecule has 5 saturated heterocycles. The molecule has 5 aliphatic heterocycles. The second-order valence-corrected chi connectivity index (χ2v) is 19.8. The van der Waals surface area contributed by atoms with E-state index in [1.54, 1.807) is 16.5 Å². The van der Waals surface area contributed by atoms with Crippen molar-refractivity contribution in [2.45, 2.75) is 151 Å². The lowest BCUT2D eigenvalue weighted by Gasteiger charge is -2.40. The van der Waals surface area contributed by atoms with Crippen LogP contribution in [0.15, 0.2) is 25.3 Å². The van der Waals surface area contributed by atoms with Crippen LogP contribution in [-0.4, -0.2) is 80.4 Å². The van der Waals surface area contributed by atoms with E-state index in [1.807, 2.05) is 0 Å². The molecule has 50 heavy (non-hydrogen) atoms. The van der Waals surface area contributed by atoms with Gasteiger partial charge in [-0.2, -0.15) is 4.31 Å². The summed E-state index contributed by atoms with van der Waals surface area (Å²) in [4.78, 5) is 0. The summed E-state index contributed by atoms with van der Waals surface area (Å²) >= 11 is 0. The summed E-state index contributed by atoms with van der Waals surface area (Å²) in [7, 11) is -3.59. The molecule has 0 amide bonds. The fourth-order valence-electron chi connectivity index (χ4n) is 13.1. The first-order valence-corrected chi connectivity index (χ1v) is 22.2. The van der Waals surface area contributed by atoms with E-state index in [9.17, 15) is 8.42 Å². The van der Waals surface area contributed by atoms with E-state index in [-0.39, 0.29) is 48.8 Å². The number of hydrogen-bond donors (Lipinski definition) is 8. The van der Waals surface area contributed by atoms with E-state index in [2.05, 4.69) is 55.7 Å². The normalized spacial score (nSPS) is 50.2. The van der Waals surface area contributed by atoms with Crippen LogP contribution in [0, 0.1) is 47.3 Å². The van der Waals surface area contributed by atoms with Crippen molar-refractivity contribution >= 4 is 10.0 Å². The molecule has 12 heteroatoms. The minimum absolute atomic E-state index is 0.0342. The van der Waals surface area contributed by atoms with Crippen LogP contribution in [0.1, 0.15) is 96.3 Å². The van der Waals surface area contributed by atoms with Gasteiger partial charge in [-0.3, -0.25) is 42.5 Å². The molecule has 4 saturated carbocycles. The Morgan fingerprint density at radius 2 is 0.740 bits per heavy atom. The third-order valence-electron chi connectivity index (χ3n) is 15.2. The van der Waals surface area contributed by atoms with Crippen LogP contribution in [0.2, 0.25) is 0 Å². The molecule has 8 N–H and O–H groups in total. The molecule has 0 spiro atoms. The molecule has 8 bridgehead atoms. The maximum atomic E-state index is 14.6. The van der Waals surface area contributed by atoms with Gasteiger partial charge in [-0.05, 0) is 92.8 Å². The maximum Gasteiger partial charge on any atom is 0.217 e. The summed E-state index contributed by atoms with van der Waals surface area (Å²) in [5.74, 6) is 3.76. The highest BCUT2D eigenvalue weighted by Gasteiger charge is 2.57. The average Bonchev–Trinajstić information content (AvgIpc) is 3.87. The molecule has 9 fully saturated rings. The summed E-state index contributed by atoms with van der Waals surface area (Å²) in [6.07, 6.45) is 22.9. The first-order chi connectivity index (χ1) is 24.4. The second-order valence-electron chi connectivity index (χ2n) is 17.6. The largest absolute Gasteiger partial charge is 0.286 e. The van der Waals surface area contributed by atoms with Crippen LogP contribution in [0.5, 0.6) is 0 Å². The zero-order valence-electron chi connectivity index (χ0n) is 30.1. The van der Waals surface area contributed by atoms with Crippen molar-refractivity contribution in [2.24, 2.45) is 47.3 Å². The smallest absolute Gasteiger partial charge is 0.217 e. The fraction of sp³-hybridized carbons (Fsp3) is 0.895. The van der Waals surface area contributed by atoms with Gasteiger partial charge in [0.25, 0.3) is 0 Å². The number of rotatable bonds is 6. The Bertz CT molecular complexity index is 1340. The Kier molecular flexibility index (Phi) is 10.0. The van der Waals surface area contributed by atoms with Gasteiger partial charge in [0.1, 0.15) is 0 Å². The van der Waals surface area contributed by atoms with Gasteiger partial charge in [0.05, 0.1) is 54.6 Å².